The third kappa shape index (κ3) is 5.06. The summed E-state index contributed by atoms with van der Waals surface area (Å²) in [5, 5.41) is 6.63. The molecule has 1 fully saturated rings. The molecule has 0 aromatic carbocycles. The van der Waals surface area contributed by atoms with Gasteiger partial charge in [-0.15, -0.1) is 0 Å². The Labute approximate surface area is 176 Å². The number of nitrogens with two attached hydrogens (primary N) is 1. The van der Waals surface area contributed by atoms with Gasteiger partial charge in [-0.3, -0.25) is 4.79 Å². The number of hydrazone groups is 1. The molecule has 0 spiro atoms. The van der Waals surface area contributed by atoms with Gasteiger partial charge in [-0.1, -0.05) is 42.6 Å². The van der Waals surface area contributed by atoms with E-state index in [1.165, 1.54) is 11.8 Å². The Morgan fingerprint density at radius 3 is 2.76 bits per heavy atom. The molecule has 2 aliphatic rings. The Kier molecular flexibility index (Phi) is 7.09. The van der Waals surface area contributed by atoms with E-state index >= 15 is 0 Å². The molecule has 3 rings (SSSR count). The molecule has 1 saturated heterocycles. The summed E-state index contributed by atoms with van der Waals surface area (Å²) < 4.78 is 0. The Morgan fingerprint density at radius 2 is 2.07 bits per heavy atom. The second-order valence-corrected chi connectivity index (χ2v) is 7.86. The van der Waals surface area contributed by atoms with Crippen LogP contribution in [-0.4, -0.2) is 52.5 Å². The van der Waals surface area contributed by atoms with Crippen LogP contribution in [0.4, 0.5) is 11.6 Å². The molecule has 7 nitrogen and oxygen atoms in total. The average molecular weight is 413 g/mol. The van der Waals surface area contributed by atoms with E-state index in [0.717, 1.165) is 37.3 Å². The summed E-state index contributed by atoms with van der Waals surface area (Å²) in [6.07, 6.45) is 13.8. The molecule has 1 amide bonds. The molecule has 1 aromatic heterocycles. The lowest BCUT2D eigenvalue weighted by atomic mass is 9.94. The standard InChI is InChI=1S/C21H28N6OS/c1-4-5-6-7-15(2)17-8-11-23-27(17)20(28)16-9-12-26(13-10-16)19-14-18(22)24-21(25-19)29-3/h4-7,11,14,16-17H,2,8-10,12-13H2,1,3H3,(H2,22,24,25)/b5-4-,7-6-/t17-/m0/s1. The lowest BCUT2D eigenvalue weighted by Gasteiger charge is -2.34. The molecule has 29 heavy (non-hydrogen) atoms. The summed E-state index contributed by atoms with van der Waals surface area (Å²) in [6, 6.07) is 1.71. The van der Waals surface area contributed by atoms with Crippen LogP contribution in [0.2, 0.25) is 0 Å². The molecule has 0 bridgehead atoms. The first-order valence-corrected chi connectivity index (χ1v) is 11.0. The fourth-order valence-corrected chi connectivity index (χ4v) is 3.94. The Morgan fingerprint density at radius 1 is 1.31 bits per heavy atom. The average Bonchev–Trinajstić information content (AvgIpc) is 3.23. The first-order chi connectivity index (χ1) is 14.0. The molecule has 0 saturated carbocycles. The van der Waals surface area contributed by atoms with E-state index < -0.39 is 0 Å². The lowest BCUT2D eigenvalue weighted by Crippen LogP contribution is -2.43. The van der Waals surface area contributed by atoms with Crippen molar-refractivity contribution in [1.82, 2.24) is 15.0 Å². The molecule has 2 N–H and O–H groups in total. The molecule has 2 aliphatic heterocycles. The predicted octanol–water partition coefficient (Wildman–Crippen LogP) is 3.27. The summed E-state index contributed by atoms with van der Waals surface area (Å²) in [7, 11) is 0. The maximum Gasteiger partial charge on any atom is 0.246 e. The number of carbonyl (C=O) groups excluding carboxylic acids is 1. The second kappa shape index (κ2) is 9.73. The van der Waals surface area contributed by atoms with Crippen LogP contribution in [0.5, 0.6) is 0 Å². The van der Waals surface area contributed by atoms with Crippen LogP contribution in [0.3, 0.4) is 0 Å². The highest BCUT2D eigenvalue weighted by atomic mass is 32.2. The third-order valence-electron chi connectivity index (χ3n) is 5.16. The molecule has 0 unspecified atom stereocenters. The van der Waals surface area contributed by atoms with Crippen molar-refractivity contribution in [2.45, 2.75) is 37.4 Å². The monoisotopic (exact) mass is 412 g/mol. The van der Waals surface area contributed by atoms with Gasteiger partial charge in [0.05, 0.1) is 6.04 Å². The van der Waals surface area contributed by atoms with Gasteiger partial charge in [-0.05, 0) is 31.6 Å². The van der Waals surface area contributed by atoms with E-state index in [1.807, 2.05) is 37.5 Å². The smallest absolute Gasteiger partial charge is 0.246 e. The predicted molar refractivity (Wildman–Crippen MR) is 120 cm³/mol. The minimum Gasteiger partial charge on any atom is -0.383 e. The van der Waals surface area contributed by atoms with Crippen LogP contribution >= 0.6 is 11.8 Å². The zero-order valence-electron chi connectivity index (χ0n) is 17.0. The van der Waals surface area contributed by atoms with Crippen molar-refractivity contribution >= 4 is 35.5 Å². The number of aromatic nitrogens is 2. The SMILES string of the molecule is C=C(/C=C\C=C/C)[C@@H]1CC=NN1C(=O)C1CCN(c2cc(N)nc(SC)n2)CC1. The minimum atomic E-state index is -0.0900. The third-order valence-corrected chi connectivity index (χ3v) is 5.71. The number of rotatable bonds is 6. The van der Waals surface area contributed by atoms with Crippen molar-refractivity contribution in [3.05, 3.63) is 42.5 Å². The van der Waals surface area contributed by atoms with Crippen LogP contribution in [0.1, 0.15) is 26.2 Å². The molecule has 0 radical (unpaired) electrons. The van der Waals surface area contributed by atoms with Crippen molar-refractivity contribution in [3.8, 4) is 0 Å². The molecule has 0 aliphatic carbocycles. The van der Waals surface area contributed by atoms with E-state index in [1.54, 1.807) is 17.3 Å². The number of carbonyl (C=O) groups is 1. The summed E-state index contributed by atoms with van der Waals surface area (Å²) in [4.78, 5) is 24.0. The van der Waals surface area contributed by atoms with Gasteiger partial charge in [-0.2, -0.15) is 5.10 Å². The fraction of sp³-hybridized carbons (Fsp3) is 0.429. The van der Waals surface area contributed by atoms with Gasteiger partial charge in [0.25, 0.3) is 0 Å². The zero-order valence-corrected chi connectivity index (χ0v) is 17.8. The van der Waals surface area contributed by atoms with Gasteiger partial charge >= 0.3 is 0 Å². The Balaban J connectivity index is 1.61. The number of nitrogens with zero attached hydrogens (tertiary/aromatic N) is 5. The van der Waals surface area contributed by atoms with Crippen molar-refractivity contribution in [2.75, 3.05) is 30.0 Å². The molecular formula is C21H28N6OS. The number of allylic oxidation sites excluding steroid dienone is 3. The highest BCUT2D eigenvalue weighted by molar-refractivity contribution is 7.98. The quantitative estimate of drug-likeness (QED) is 0.438. The van der Waals surface area contributed by atoms with Crippen LogP contribution < -0.4 is 10.6 Å². The molecule has 1 aromatic rings. The van der Waals surface area contributed by atoms with Crippen molar-refractivity contribution < 1.29 is 4.79 Å². The number of anilines is 2. The molecule has 3 heterocycles. The van der Waals surface area contributed by atoms with Gasteiger partial charge < -0.3 is 10.6 Å². The summed E-state index contributed by atoms with van der Waals surface area (Å²) >= 11 is 1.47. The number of piperidine rings is 1. The summed E-state index contributed by atoms with van der Waals surface area (Å²) in [5.41, 5.74) is 6.80. The normalized spacial score (nSPS) is 20.3. The zero-order chi connectivity index (χ0) is 20.8. The number of thioether (sulfide) groups is 1. The number of hydrogen-bond acceptors (Lipinski definition) is 7. The van der Waals surface area contributed by atoms with Gasteiger partial charge in [0, 0.05) is 37.7 Å². The van der Waals surface area contributed by atoms with Crippen molar-refractivity contribution in [2.24, 2.45) is 11.0 Å². The first-order valence-electron chi connectivity index (χ1n) is 9.80. The number of hydrogen-bond donors (Lipinski definition) is 1. The van der Waals surface area contributed by atoms with E-state index in [4.69, 9.17) is 5.73 Å². The highest BCUT2D eigenvalue weighted by Gasteiger charge is 2.34. The molecular weight excluding hydrogens is 384 g/mol. The topological polar surface area (TPSA) is 87.7 Å². The first kappa shape index (κ1) is 21.1. The van der Waals surface area contributed by atoms with Crippen LogP contribution in [0.25, 0.3) is 0 Å². The van der Waals surface area contributed by atoms with Crippen LogP contribution in [0.15, 0.2) is 52.8 Å². The molecule has 8 heteroatoms. The molecule has 1 atom stereocenters. The van der Waals surface area contributed by atoms with Crippen molar-refractivity contribution in [1.29, 1.82) is 0 Å². The fourth-order valence-electron chi connectivity index (χ4n) is 3.56. The highest BCUT2D eigenvalue weighted by Crippen LogP contribution is 2.28. The summed E-state index contributed by atoms with van der Waals surface area (Å²) in [5.74, 6) is 1.33. The van der Waals surface area contributed by atoms with Crippen molar-refractivity contribution in [3.63, 3.8) is 0 Å². The lowest BCUT2D eigenvalue weighted by molar-refractivity contribution is -0.137. The van der Waals surface area contributed by atoms with E-state index in [9.17, 15) is 4.79 Å². The van der Waals surface area contributed by atoms with Crippen LogP contribution in [-0.2, 0) is 4.79 Å². The van der Waals surface area contributed by atoms with Gasteiger partial charge in [0.15, 0.2) is 5.16 Å². The maximum atomic E-state index is 13.1. The van der Waals surface area contributed by atoms with E-state index in [2.05, 4.69) is 26.5 Å². The largest absolute Gasteiger partial charge is 0.383 e. The number of amides is 1. The molecule has 154 valence electrons. The minimum absolute atomic E-state index is 0.0458. The summed E-state index contributed by atoms with van der Waals surface area (Å²) in [6.45, 7) is 7.61. The van der Waals surface area contributed by atoms with Crippen LogP contribution in [0, 0.1) is 5.92 Å². The number of nitrogen functional groups attached to an aromatic ring is 1. The van der Waals surface area contributed by atoms with E-state index in [-0.39, 0.29) is 17.9 Å². The Hall–Kier alpha value is -2.61. The second-order valence-electron chi connectivity index (χ2n) is 7.09. The Bertz CT molecular complexity index is 842. The van der Waals surface area contributed by atoms with Gasteiger partial charge in [0.2, 0.25) is 5.91 Å². The maximum absolute atomic E-state index is 13.1. The van der Waals surface area contributed by atoms with Gasteiger partial charge in [-0.25, -0.2) is 15.0 Å². The van der Waals surface area contributed by atoms with E-state index in [0.29, 0.717) is 17.4 Å². The van der Waals surface area contributed by atoms with Gasteiger partial charge in [0.1, 0.15) is 11.6 Å².